The van der Waals surface area contributed by atoms with Crippen molar-refractivity contribution in [2.75, 3.05) is 0 Å². The summed E-state index contributed by atoms with van der Waals surface area (Å²) in [6.07, 6.45) is 0. The summed E-state index contributed by atoms with van der Waals surface area (Å²) in [5.74, 6) is -0.350. The second-order valence-electron chi connectivity index (χ2n) is 2.20. The van der Waals surface area contributed by atoms with Crippen molar-refractivity contribution in [2.45, 2.75) is 6.92 Å². The number of carbonyl (C=O) groups excluding carboxylic acids is 1. The average Bonchev–Trinajstić information content (AvgIpc) is 2.47. The van der Waals surface area contributed by atoms with E-state index in [1.165, 1.54) is 11.3 Å². The molecular weight excluding hydrogens is 208 g/mol. The first kappa shape index (κ1) is 9.87. The number of hydrogen-bond donors (Lipinski definition) is 3. The zero-order chi connectivity index (χ0) is 9.84. The van der Waals surface area contributed by atoms with Crippen LogP contribution in [0.5, 0.6) is 0 Å². The summed E-state index contributed by atoms with van der Waals surface area (Å²) < 4.78 is 0. The number of hydrogen-bond acceptors (Lipinski definition) is 4. The number of thiocarbonyl (C=S) groups is 1. The molecule has 1 heterocycles. The molecule has 0 saturated carbocycles. The second kappa shape index (κ2) is 4.15. The molecule has 1 aromatic rings. The molecule has 0 radical (unpaired) electrons. The smallest absolute Gasteiger partial charge is 0.289 e. The van der Waals surface area contributed by atoms with E-state index in [9.17, 15) is 4.79 Å². The summed E-state index contributed by atoms with van der Waals surface area (Å²) >= 11 is 5.91. The molecule has 0 spiro atoms. The van der Waals surface area contributed by atoms with E-state index in [2.05, 4.69) is 28.1 Å². The van der Waals surface area contributed by atoms with Gasteiger partial charge in [-0.1, -0.05) is 0 Å². The summed E-state index contributed by atoms with van der Waals surface area (Å²) in [6, 6.07) is 0. The Morgan fingerprint density at radius 3 is 2.85 bits per heavy atom. The van der Waals surface area contributed by atoms with Crippen molar-refractivity contribution in [1.82, 2.24) is 15.8 Å². The van der Waals surface area contributed by atoms with Crippen molar-refractivity contribution >= 4 is 34.6 Å². The number of nitrogens with one attached hydrogen (secondary N) is 2. The highest BCUT2D eigenvalue weighted by Crippen LogP contribution is 2.06. The van der Waals surface area contributed by atoms with E-state index >= 15 is 0 Å². The van der Waals surface area contributed by atoms with Gasteiger partial charge < -0.3 is 5.73 Å². The van der Waals surface area contributed by atoms with E-state index in [-0.39, 0.29) is 11.0 Å². The maximum absolute atomic E-state index is 11.2. The third-order valence-electron chi connectivity index (χ3n) is 1.15. The molecule has 0 atom stereocenters. The number of carbonyl (C=O) groups is 1. The lowest BCUT2D eigenvalue weighted by atomic mass is 10.5. The van der Waals surface area contributed by atoms with E-state index in [0.29, 0.717) is 5.69 Å². The minimum atomic E-state index is -0.350. The van der Waals surface area contributed by atoms with Crippen molar-refractivity contribution < 1.29 is 4.79 Å². The standard InChI is InChI=1S/C6H8N4OS2/c1-3-8-4(2-13-3)5(11)9-10-6(7)12/h2H,1H3,(H,9,11)(H3,7,10,12). The number of hydrazine groups is 1. The van der Waals surface area contributed by atoms with Crippen LogP contribution < -0.4 is 16.6 Å². The summed E-state index contributed by atoms with van der Waals surface area (Å²) in [7, 11) is 0. The fourth-order valence-electron chi connectivity index (χ4n) is 0.650. The van der Waals surface area contributed by atoms with Gasteiger partial charge in [0.15, 0.2) is 5.11 Å². The molecule has 0 aliphatic rings. The molecule has 7 heteroatoms. The fraction of sp³-hybridized carbons (Fsp3) is 0.167. The van der Waals surface area contributed by atoms with Gasteiger partial charge in [0.25, 0.3) is 5.91 Å². The largest absolute Gasteiger partial charge is 0.375 e. The van der Waals surface area contributed by atoms with Crippen molar-refractivity contribution in [3.8, 4) is 0 Å². The average molecular weight is 216 g/mol. The van der Waals surface area contributed by atoms with E-state index < -0.39 is 0 Å². The van der Waals surface area contributed by atoms with E-state index in [0.717, 1.165) is 5.01 Å². The normalized spacial score (nSPS) is 9.31. The molecule has 1 rings (SSSR count). The van der Waals surface area contributed by atoms with Crippen LogP contribution in [0.4, 0.5) is 0 Å². The maximum Gasteiger partial charge on any atom is 0.289 e. The minimum absolute atomic E-state index is 0.0142. The summed E-state index contributed by atoms with van der Waals surface area (Å²) in [5, 5.41) is 2.51. The van der Waals surface area contributed by atoms with Crippen LogP contribution in [-0.2, 0) is 0 Å². The number of amides is 1. The molecular formula is C6H8N4OS2. The molecule has 5 nitrogen and oxygen atoms in total. The van der Waals surface area contributed by atoms with Gasteiger partial charge in [-0.15, -0.1) is 11.3 Å². The Kier molecular flexibility index (Phi) is 3.15. The van der Waals surface area contributed by atoms with E-state index in [4.69, 9.17) is 5.73 Å². The molecule has 1 aromatic heterocycles. The van der Waals surface area contributed by atoms with Gasteiger partial charge in [0.1, 0.15) is 5.69 Å². The summed E-state index contributed by atoms with van der Waals surface area (Å²) in [4.78, 5) is 15.2. The fourth-order valence-corrected chi connectivity index (χ4v) is 1.29. The topological polar surface area (TPSA) is 80.0 Å². The molecule has 0 bridgehead atoms. The number of thiazole rings is 1. The zero-order valence-electron chi connectivity index (χ0n) is 6.83. The number of aromatic nitrogens is 1. The lowest BCUT2D eigenvalue weighted by molar-refractivity contribution is 0.0939. The maximum atomic E-state index is 11.2. The van der Waals surface area contributed by atoms with Gasteiger partial charge in [0, 0.05) is 5.38 Å². The third kappa shape index (κ3) is 2.96. The summed E-state index contributed by atoms with van der Waals surface area (Å²) in [5.41, 5.74) is 10.1. The molecule has 0 aromatic carbocycles. The Bertz CT molecular complexity index is 335. The Morgan fingerprint density at radius 2 is 2.38 bits per heavy atom. The van der Waals surface area contributed by atoms with Crippen molar-refractivity contribution in [3.05, 3.63) is 16.1 Å². The molecule has 13 heavy (non-hydrogen) atoms. The van der Waals surface area contributed by atoms with Crippen molar-refractivity contribution in [2.24, 2.45) is 5.73 Å². The van der Waals surface area contributed by atoms with Gasteiger partial charge in [0.2, 0.25) is 0 Å². The van der Waals surface area contributed by atoms with E-state index in [1.807, 2.05) is 6.92 Å². The number of aryl methyl sites for hydroxylation is 1. The molecule has 4 N–H and O–H groups in total. The highest BCUT2D eigenvalue weighted by atomic mass is 32.1. The first-order valence-electron chi connectivity index (χ1n) is 3.37. The van der Waals surface area contributed by atoms with Crippen molar-refractivity contribution in [3.63, 3.8) is 0 Å². The molecule has 0 fully saturated rings. The lowest BCUT2D eigenvalue weighted by Crippen LogP contribution is -2.44. The molecule has 70 valence electrons. The predicted molar refractivity (Wildman–Crippen MR) is 54.2 cm³/mol. The van der Waals surface area contributed by atoms with Crippen LogP contribution in [0.1, 0.15) is 15.5 Å². The van der Waals surface area contributed by atoms with Crippen LogP contribution in [0.3, 0.4) is 0 Å². The molecule has 0 saturated heterocycles. The predicted octanol–water partition coefficient (Wildman–Crippen LogP) is -0.0705. The number of rotatable bonds is 1. The SMILES string of the molecule is Cc1nc(C(=O)NNC(N)=S)cs1. The quantitative estimate of drug-likeness (QED) is 0.452. The monoisotopic (exact) mass is 216 g/mol. The number of nitrogens with zero attached hydrogens (tertiary/aromatic N) is 1. The van der Waals surface area contributed by atoms with Crippen LogP contribution in [-0.4, -0.2) is 16.0 Å². The molecule has 1 amide bonds. The first-order valence-corrected chi connectivity index (χ1v) is 4.66. The Labute approximate surface area is 84.3 Å². The first-order chi connectivity index (χ1) is 6.09. The lowest BCUT2D eigenvalue weighted by Gasteiger charge is -2.02. The van der Waals surface area contributed by atoms with E-state index in [1.54, 1.807) is 5.38 Å². The van der Waals surface area contributed by atoms with Gasteiger partial charge in [-0.05, 0) is 19.1 Å². The van der Waals surface area contributed by atoms with Gasteiger partial charge in [0.05, 0.1) is 5.01 Å². The van der Waals surface area contributed by atoms with Gasteiger partial charge in [-0.3, -0.25) is 15.6 Å². The van der Waals surface area contributed by atoms with Gasteiger partial charge in [-0.25, -0.2) is 4.98 Å². The molecule has 0 aliphatic carbocycles. The molecule has 0 unspecified atom stereocenters. The highest BCUT2D eigenvalue weighted by Gasteiger charge is 2.07. The van der Waals surface area contributed by atoms with Gasteiger partial charge >= 0.3 is 0 Å². The molecule has 0 aliphatic heterocycles. The van der Waals surface area contributed by atoms with Gasteiger partial charge in [-0.2, -0.15) is 0 Å². The van der Waals surface area contributed by atoms with Crippen LogP contribution in [0, 0.1) is 6.92 Å². The Morgan fingerprint density at radius 1 is 1.69 bits per heavy atom. The van der Waals surface area contributed by atoms with Crippen LogP contribution in [0.2, 0.25) is 0 Å². The van der Waals surface area contributed by atoms with Crippen LogP contribution >= 0.6 is 23.6 Å². The van der Waals surface area contributed by atoms with Crippen LogP contribution in [0.15, 0.2) is 5.38 Å². The zero-order valence-corrected chi connectivity index (χ0v) is 8.46. The van der Waals surface area contributed by atoms with Crippen molar-refractivity contribution in [1.29, 1.82) is 0 Å². The summed E-state index contributed by atoms with van der Waals surface area (Å²) in [6.45, 7) is 1.82. The highest BCUT2D eigenvalue weighted by molar-refractivity contribution is 7.80. The second-order valence-corrected chi connectivity index (χ2v) is 3.70. The minimum Gasteiger partial charge on any atom is -0.375 e. The van der Waals surface area contributed by atoms with Crippen LogP contribution in [0.25, 0.3) is 0 Å². The number of nitrogens with two attached hydrogens (primary N) is 1. The third-order valence-corrected chi connectivity index (χ3v) is 2.03. The Balaban J connectivity index is 2.54. The Hall–Kier alpha value is -1.21.